The number of methoxy groups -OCH3 is 1. The van der Waals surface area contributed by atoms with E-state index in [4.69, 9.17) is 24.5 Å². The Morgan fingerprint density at radius 3 is 2.22 bits per heavy atom. The van der Waals surface area contributed by atoms with Crippen LogP contribution in [0.15, 0.2) is 95.9 Å². The summed E-state index contributed by atoms with van der Waals surface area (Å²) in [7, 11) is -2.09. The summed E-state index contributed by atoms with van der Waals surface area (Å²) in [6.45, 7) is 4.43. The van der Waals surface area contributed by atoms with E-state index in [-0.39, 0.29) is 4.90 Å². The van der Waals surface area contributed by atoms with E-state index in [0.717, 1.165) is 42.0 Å². The first-order chi connectivity index (χ1) is 22.1. The number of sulfonamides is 1. The number of H-pyrrole nitrogens is 1. The molecule has 0 radical (unpaired) electrons. The lowest BCUT2D eigenvalue weighted by molar-refractivity contribution is -0.159. The predicted octanol–water partition coefficient (Wildman–Crippen LogP) is 6.17. The highest BCUT2D eigenvalue weighted by Gasteiger charge is 2.26. The molecule has 0 saturated carbocycles. The zero-order chi connectivity index (χ0) is 33.1. The zero-order valence-electron chi connectivity index (χ0n) is 26.1. The van der Waals surface area contributed by atoms with Gasteiger partial charge >= 0.3 is 11.9 Å². The molecule has 11 heteroatoms. The first-order valence-corrected chi connectivity index (χ1v) is 16.7. The Hall–Kier alpha value is -4.45. The number of rotatable bonds is 10. The molecule has 2 heterocycles. The normalized spacial score (nSPS) is 15.4. The first kappa shape index (κ1) is 34.4. The molecule has 1 aliphatic heterocycles. The molecule has 244 valence electrons. The van der Waals surface area contributed by atoms with Gasteiger partial charge < -0.3 is 19.9 Å². The summed E-state index contributed by atoms with van der Waals surface area (Å²) < 4.78 is 34.6. The van der Waals surface area contributed by atoms with Gasteiger partial charge in [-0.05, 0) is 60.8 Å². The maximum Gasteiger partial charge on any atom is 0.414 e. The summed E-state index contributed by atoms with van der Waals surface area (Å²) in [4.78, 5) is 24.6. The van der Waals surface area contributed by atoms with Crippen molar-refractivity contribution in [2.24, 2.45) is 0 Å². The Kier molecular flexibility index (Phi) is 12.1. The molecule has 0 spiro atoms. The molecule has 3 N–H and O–H groups in total. The fraction of sp³-hybridized carbons (Fsp3) is 0.314. The standard InChI is InChI=1S/C33H39N3O3S.C2H2O4/c1-3-36(24-26-13-7-4-8-14-26)40(37,38)29-19-21-33(39-2)30(23-29)31-20-18-28(34-31)25-35-22-12-6-11-17-32(35)27-15-9-5-10-16-27;3-1(4)2(5)6/h4-5,7-10,13-16,18-21,23,32,34H,3,6,11-12,17,22,24-25H2,1-2H3;(H,3,4)(H,5,6)/t32-;/m1./s1. The van der Waals surface area contributed by atoms with E-state index in [1.165, 1.54) is 29.1 Å². The second-order valence-electron chi connectivity index (χ2n) is 11.0. The van der Waals surface area contributed by atoms with E-state index in [9.17, 15) is 8.42 Å². The minimum absolute atomic E-state index is 0.258. The number of nitrogens with one attached hydrogen (secondary N) is 1. The van der Waals surface area contributed by atoms with Crippen LogP contribution in [0.3, 0.4) is 0 Å². The summed E-state index contributed by atoms with van der Waals surface area (Å²) in [5.74, 6) is -3.01. The first-order valence-electron chi connectivity index (χ1n) is 15.3. The van der Waals surface area contributed by atoms with Crippen LogP contribution in [-0.4, -0.2) is 65.0 Å². The molecule has 46 heavy (non-hydrogen) atoms. The van der Waals surface area contributed by atoms with Gasteiger partial charge in [0, 0.05) is 42.6 Å². The zero-order valence-corrected chi connectivity index (χ0v) is 26.9. The van der Waals surface area contributed by atoms with Crippen LogP contribution in [0, 0.1) is 0 Å². The van der Waals surface area contributed by atoms with Gasteiger partial charge in [-0.15, -0.1) is 0 Å². The van der Waals surface area contributed by atoms with Crippen LogP contribution >= 0.6 is 0 Å². The van der Waals surface area contributed by atoms with Crippen molar-refractivity contribution in [1.29, 1.82) is 0 Å². The molecule has 0 amide bonds. The van der Waals surface area contributed by atoms with E-state index >= 15 is 0 Å². The van der Waals surface area contributed by atoms with Crippen LogP contribution in [0.4, 0.5) is 0 Å². The Balaban J connectivity index is 0.000000731. The number of carboxylic acid groups (broad SMARTS) is 2. The van der Waals surface area contributed by atoms with E-state index < -0.39 is 22.0 Å². The smallest absolute Gasteiger partial charge is 0.414 e. The number of ether oxygens (including phenoxy) is 1. The average molecular weight is 648 g/mol. The van der Waals surface area contributed by atoms with Crippen molar-refractivity contribution < 1.29 is 33.0 Å². The number of aliphatic carboxylic acids is 2. The van der Waals surface area contributed by atoms with Gasteiger partial charge in [0.1, 0.15) is 5.75 Å². The summed E-state index contributed by atoms with van der Waals surface area (Å²) in [6.07, 6.45) is 4.85. The summed E-state index contributed by atoms with van der Waals surface area (Å²) in [5.41, 5.74) is 5.01. The van der Waals surface area contributed by atoms with Gasteiger partial charge in [0.25, 0.3) is 0 Å². The number of carboxylic acids is 2. The Morgan fingerprint density at radius 2 is 1.59 bits per heavy atom. The van der Waals surface area contributed by atoms with Gasteiger partial charge in [0.05, 0.1) is 12.0 Å². The Labute approximate surface area is 270 Å². The molecule has 1 saturated heterocycles. The van der Waals surface area contributed by atoms with Crippen molar-refractivity contribution in [3.8, 4) is 17.0 Å². The number of hydrogen-bond donors (Lipinski definition) is 3. The maximum atomic E-state index is 13.7. The topological polar surface area (TPSA) is 140 Å². The van der Waals surface area contributed by atoms with Crippen molar-refractivity contribution in [3.63, 3.8) is 0 Å². The molecule has 1 aromatic heterocycles. The van der Waals surface area contributed by atoms with Crippen LogP contribution in [0.5, 0.6) is 5.75 Å². The van der Waals surface area contributed by atoms with E-state index in [2.05, 4.69) is 46.3 Å². The summed E-state index contributed by atoms with van der Waals surface area (Å²) in [5, 5.41) is 14.8. The molecule has 1 aliphatic rings. The minimum Gasteiger partial charge on any atom is -0.496 e. The van der Waals surface area contributed by atoms with Gasteiger partial charge in [0.2, 0.25) is 10.0 Å². The van der Waals surface area contributed by atoms with Gasteiger partial charge in [-0.3, -0.25) is 4.90 Å². The average Bonchev–Trinajstić information content (AvgIpc) is 3.41. The highest BCUT2D eigenvalue weighted by molar-refractivity contribution is 7.89. The number of aromatic amines is 1. The molecule has 4 aromatic rings. The molecule has 0 unspecified atom stereocenters. The third kappa shape index (κ3) is 8.84. The van der Waals surface area contributed by atoms with E-state index in [1.807, 2.05) is 43.3 Å². The number of nitrogens with zero attached hydrogens (tertiary/aromatic N) is 2. The number of benzene rings is 3. The summed E-state index contributed by atoms with van der Waals surface area (Å²) >= 11 is 0. The molecule has 1 atom stereocenters. The molecule has 1 fully saturated rings. The lowest BCUT2D eigenvalue weighted by atomic mass is 10.0. The fourth-order valence-electron chi connectivity index (χ4n) is 5.68. The lowest BCUT2D eigenvalue weighted by Crippen LogP contribution is -2.30. The number of hydrogen-bond acceptors (Lipinski definition) is 6. The van der Waals surface area contributed by atoms with Crippen molar-refractivity contribution in [2.45, 2.75) is 56.6 Å². The lowest BCUT2D eigenvalue weighted by Gasteiger charge is -2.30. The molecular formula is C35H41N3O7S. The number of likely N-dealkylation sites (tertiary alicyclic amines) is 1. The Bertz CT molecular complexity index is 1680. The highest BCUT2D eigenvalue weighted by Crippen LogP contribution is 2.35. The highest BCUT2D eigenvalue weighted by atomic mass is 32.2. The minimum atomic E-state index is -3.71. The number of aromatic nitrogens is 1. The molecule has 0 aliphatic carbocycles. The number of carbonyl (C=O) groups is 2. The molecule has 5 rings (SSSR count). The largest absolute Gasteiger partial charge is 0.496 e. The molecule has 3 aromatic carbocycles. The molecule has 0 bridgehead atoms. The van der Waals surface area contributed by atoms with Crippen LogP contribution in [-0.2, 0) is 32.7 Å². The quantitative estimate of drug-likeness (QED) is 0.174. The predicted molar refractivity (Wildman–Crippen MR) is 176 cm³/mol. The van der Waals surface area contributed by atoms with Crippen LogP contribution < -0.4 is 4.74 Å². The van der Waals surface area contributed by atoms with Crippen molar-refractivity contribution in [3.05, 3.63) is 108 Å². The van der Waals surface area contributed by atoms with Crippen molar-refractivity contribution in [2.75, 3.05) is 20.2 Å². The van der Waals surface area contributed by atoms with Crippen LogP contribution in [0.1, 0.15) is 55.5 Å². The monoisotopic (exact) mass is 647 g/mol. The van der Waals surface area contributed by atoms with E-state index in [0.29, 0.717) is 24.9 Å². The van der Waals surface area contributed by atoms with Crippen molar-refractivity contribution >= 4 is 22.0 Å². The van der Waals surface area contributed by atoms with Crippen molar-refractivity contribution in [1.82, 2.24) is 14.2 Å². The van der Waals surface area contributed by atoms with Crippen LogP contribution in [0.25, 0.3) is 11.3 Å². The Morgan fingerprint density at radius 1 is 0.913 bits per heavy atom. The summed E-state index contributed by atoms with van der Waals surface area (Å²) in [6, 6.07) is 30.1. The fourth-order valence-corrected chi connectivity index (χ4v) is 7.14. The second-order valence-corrected chi connectivity index (χ2v) is 13.0. The van der Waals surface area contributed by atoms with Gasteiger partial charge in [-0.1, -0.05) is 80.4 Å². The van der Waals surface area contributed by atoms with Gasteiger partial charge in [-0.25, -0.2) is 18.0 Å². The third-order valence-electron chi connectivity index (χ3n) is 8.00. The third-order valence-corrected chi connectivity index (χ3v) is 9.92. The second kappa shape index (κ2) is 16.2. The molecular weight excluding hydrogens is 606 g/mol. The molecule has 10 nitrogen and oxygen atoms in total. The van der Waals surface area contributed by atoms with Gasteiger partial charge in [-0.2, -0.15) is 4.31 Å². The van der Waals surface area contributed by atoms with Gasteiger partial charge in [0.15, 0.2) is 0 Å². The maximum absolute atomic E-state index is 13.7. The van der Waals surface area contributed by atoms with E-state index in [1.54, 1.807) is 25.3 Å². The SMILES string of the molecule is CCN(Cc1ccccc1)S(=O)(=O)c1ccc(OC)c(-c2ccc(CN3CCCCC[C@@H]3c3ccccc3)[nH]2)c1.O=C(O)C(=O)O. The van der Waals surface area contributed by atoms with Crippen LogP contribution in [0.2, 0.25) is 0 Å².